The van der Waals surface area contributed by atoms with Gasteiger partial charge in [-0.2, -0.15) is 13.2 Å². The van der Waals surface area contributed by atoms with E-state index in [1.165, 1.54) is 6.07 Å². The summed E-state index contributed by atoms with van der Waals surface area (Å²) in [5.74, 6) is 0.221. The van der Waals surface area contributed by atoms with Crippen molar-refractivity contribution in [1.29, 1.82) is 0 Å². The Morgan fingerprint density at radius 2 is 2.06 bits per heavy atom. The van der Waals surface area contributed by atoms with E-state index in [1.807, 2.05) is 6.92 Å². The molecule has 0 aliphatic carbocycles. The maximum atomic E-state index is 12.0. The van der Waals surface area contributed by atoms with Gasteiger partial charge in [0.25, 0.3) is 0 Å². The highest BCUT2D eigenvalue weighted by Gasteiger charge is 2.28. The van der Waals surface area contributed by atoms with E-state index in [-0.39, 0.29) is 5.75 Å². The molecule has 1 aromatic rings. The number of hydrogen-bond donors (Lipinski definition) is 1. The third kappa shape index (κ3) is 5.41. The molecule has 0 unspecified atom stereocenters. The lowest BCUT2D eigenvalue weighted by Gasteiger charge is -2.11. The minimum atomic E-state index is -4.31. The summed E-state index contributed by atoms with van der Waals surface area (Å²) in [5, 5.41) is 3.10. The molecule has 6 heteroatoms. The van der Waals surface area contributed by atoms with E-state index in [4.69, 9.17) is 0 Å². The van der Waals surface area contributed by atoms with Gasteiger partial charge in [-0.15, -0.1) is 0 Å². The average molecular weight is 312 g/mol. The van der Waals surface area contributed by atoms with Crippen molar-refractivity contribution in [1.82, 2.24) is 5.32 Å². The SMILES string of the molecule is CCNCc1cc(OCC(F)(F)F)ccc1Br. The van der Waals surface area contributed by atoms with Crippen LogP contribution in [0, 0.1) is 0 Å². The van der Waals surface area contributed by atoms with Crippen molar-refractivity contribution in [2.45, 2.75) is 19.6 Å². The second-order valence-corrected chi connectivity index (χ2v) is 4.29. The molecule has 0 bridgehead atoms. The average Bonchev–Trinajstić information content (AvgIpc) is 2.25. The molecule has 0 fully saturated rings. The van der Waals surface area contributed by atoms with Gasteiger partial charge in [0.2, 0.25) is 0 Å². The van der Waals surface area contributed by atoms with Crippen molar-refractivity contribution >= 4 is 15.9 Å². The van der Waals surface area contributed by atoms with E-state index in [1.54, 1.807) is 12.1 Å². The molecular formula is C11H13BrF3NO. The monoisotopic (exact) mass is 311 g/mol. The smallest absolute Gasteiger partial charge is 0.422 e. The molecular weight excluding hydrogens is 299 g/mol. The third-order valence-corrected chi connectivity index (χ3v) is 2.76. The molecule has 1 rings (SSSR count). The van der Waals surface area contributed by atoms with E-state index >= 15 is 0 Å². The summed E-state index contributed by atoms with van der Waals surface area (Å²) < 4.78 is 41.4. The van der Waals surface area contributed by atoms with Crippen LogP contribution in [0.4, 0.5) is 13.2 Å². The van der Waals surface area contributed by atoms with Crippen LogP contribution in [0.3, 0.4) is 0 Å². The number of halogens is 4. The first kappa shape index (κ1) is 14.3. The summed E-state index contributed by atoms with van der Waals surface area (Å²) in [6, 6.07) is 4.78. The van der Waals surface area contributed by atoms with Gasteiger partial charge >= 0.3 is 6.18 Å². The van der Waals surface area contributed by atoms with Crippen LogP contribution in [-0.4, -0.2) is 19.3 Å². The van der Waals surface area contributed by atoms with Crippen molar-refractivity contribution in [2.24, 2.45) is 0 Å². The molecule has 0 atom stereocenters. The van der Waals surface area contributed by atoms with Gasteiger partial charge in [0.1, 0.15) is 5.75 Å². The summed E-state index contributed by atoms with van der Waals surface area (Å²) >= 11 is 3.33. The molecule has 96 valence electrons. The molecule has 0 amide bonds. The van der Waals surface area contributed by atoms with Crippen molar-refractivity contribution in [3.63, 3.8) is 0 Å². The summed E-state index contributed by atoms with van der Waals surface area (Å²) in [6.07, 6.45) is -4.31. The fraction of sp³-hybridized carbons (Fsp3) is 0.455. The van der Waals surface area contributed by atoms with Crippen molar-refractivity contribution in [3.8, 4) is 5.75 Å². The van der Waals surface area contributed by atoms with Gasteiger partial charge in [-0.1, -0.05) is 22.9 Å². The zero-order valence-electron chi connectivity index (χ0n) is 9.27. The molecule has 0 spiro atoms. The first-order valence-corrected chi connectivity index (χ1v) is 5.90. The Bertz CT molecular complexity index is 368. The van der Waals surface area contributed by atoms with Crippen LogP contribution in [0.2, 0.25) is 0 Å². The molecule has 1 aromatic carbocycles. The molecule has 2 nitrogen and oxygen atoms in total. The standard InChI is InChI=1S/C11H13BrF3NO/c1-2-16-6-8-5-9(3-4-10(8)12)17-7-11(13,14)15/h3-5,16H,2,6-7H2,1H3. The molecule has 0 aliphatic heterocycles. The molecule has 0 saturated heterocycles. The number of alkyl halides is 3. The van der Waals surface area contributed by atoms with E-state index < -0.39 is 12.8 Å². The van der Waals surface area contributed by atoms with Crippen LogP contribution in [0.1, 0.15) is 12.5 Å². The largest absolute Gasteiger partial charge is 0.484 e. The molecule has 1 N–H and O–H groups in total. The highest BCUT2D eigenvalue weighted by molar-refractivity contribution is 9.10. The Kier molecular flexibility index (Phi) is 5.27. The maximum absolute atomic E-state index is 12.0. The van der Waals surface area contributed by atoms with E-state index in [9.17, 15) is 13.2 Å². The molecule has 0 saturated carbocycles. The van der Waals surface area contributed by atoms with E-state index in [0.717, 1.165) is 16.6 Å². The van der Waals surface area contributed by atoms with Crippen LogP contribution in [0.25, 0.3) is 0 Å². The minimum Gasteiger partial charge on any atom is -0.484 e. The predicted octanol–water partition coefficient (Wildman–Crippen LogP) is 3.50. The van der Waals surface area contributed by atoms with E-state index in [2.05, 4.69) is 26.0 Å². The normalized spacial score (nSPS) is 11.6. The molecule has 17 heavy (non-hydrogen) atoms. The Balaban J connectivity index is 2.67. The van der Waals surface area contributed by atoms with E-state index in [0.29, 0.717) is 6.54 Å². The van der Waals surface area contributed by atoms with Gasteiger partial charge in [0.05, 0.1) is 0 Å². The minimum absolute atomic E-state index is 0.221. The van der Waals surface area contributed by atoms with Crippen LogP contribution in [0.15, 0.2) is 22.7 Å². The van der Waals surface area contributed by atoms with Gasteiger partial charge in [-0.05, 0) is 30.3 Å². The molecule has 0 radical (unpaired) electrons. The van der Waals surface area contributed by atoms with Gasteiger partial charge in [-0.25, -0.2) is 0 Å². The zero-order valence-corrected chi connectivity index (χ0v) is 10.9. The molecule has 0 heterocycles. The summed E-state index contributed by atoms with van der Waals surface area (Å²) in [7, 11) is 0. The Labute approximate surface area is 106 Å². The number of rotatable bonds is 5. The molecule has 0 aliphatic rings. The van der Waals surface area contributed by atoms with Gasteiger partial charge in [-0.3, -0.25) is 0 Å². The summed E-state index contributed by atoms with van der Waals surface area (Å²) in [6.45, 7) is 2.06. The Morgan fingerprint density at radius 3 is 2.65 bits per heavy atom. The predicted molar refractivity (Wildman–Crippen MR) is 63.1 cm³/mol. The van der Waals surface area contributed by atoms with Gasteiger partial charge < -0.3 is 10.1 Å². The lowest BCUT2D eigenvalue weighted by molar-refractivity contribution is -0.153. The van der Waals surface area contributed by atoms with Crippen LogP contribution < -0.4 is 10.1 Å². The van der Waals surface area contributed by atoms with Gasteiger partial charge in [0.15, 0.2) is 6.61 Å². The van der Waals surface area contributed by atoms with Gasteiger partial charge in [0, 0.05) is 11.0 Å². The topological polar surface area (TPSA) is 21.3 Å². The second kappa shape index (κ2) is 6.26. The third-order valence-electron chi connectivity index (χ3n) is 1.99. The fourth-order valence-electron chi connectivity index (χ4n) is 1.20. The number of benzene rings is 1. The highest BCUT2D eigenvalue weighted by atomic mass is 79.9. The highest BCUT2D eigenvalue weighted by Crippen LogP contribution is 2.24. The number of hydrogen-bond acceptors (Lipinski definition) is 2. The Hall–Kier alpha value is -0.750. The maximum Gasteiger partial charge on any atom is 0.422 e. The second-order valence-electron chi connectivity index (χ2n) is 3.44. The zero-order chi connectivity index (χ0) is 12.9. The Morgan fingerprint density at radius 1 is 1.35 bits per heavy atom. The van der Waals surface area contributed by atoms with Crippen LogP contribution in [0.5, 0.6) is 5.75 Å². The fourth-order valence-corrected chi connectivity index (χ4v) is 1.59. The summed E-state index contributed by atoms with van der Waals surface area (Å²) in [4.78, 5) is 0. The number of nitrogens with one attached hydrogen (secondary N) is 1. The van der Waals surface area contributed by atoms with Crippen molar-refractivity contribution < 1.29 is 17.9 Å². The number of ether oxygens (including phenoxy) is 1. The van der Waals surface area contributed by atoms with Crippen molar-refractivity contribution in [3.05, 3.63) is 28.2 Å². The lowest BCUT2D eigenvalue weighted by atomic mass is 10.2. The quantitative estimate of drug-likeness (QED) is 0.898. The summed E-state index contributed by atoms with van der Waals surface area (Å²) in [5.41, 5.74) is 0.867. The molecule has 0 aromatic heterocycles. The first-order valence-electron chi connectivity index (χ1n) is 5.11. The van der Waals surface area contributed by atoms with Crippen LogP contribution in [-0.2, 0) is 6.54 Å². The van der Waals surface area contributed by atoms with Crippen molar-refractivity contribution in [2.75, 3.05) is 13.2 Å². The lowest BCUT2D eigenvalue weighted by Crippen LogP contribution is -2.19. The van der Waals surface area contributed by atoms with Crippen LogP contribution >= 0.6 is 15.9 Å². The first-order chi connectivity index (χ1) is 7.92.